The van der Waals surface area contributed by atoms with Crippen LogP contribution in [0.3, 0.4) is 0 Å². The monoisotopic (exact) mass is 294 g/mol. The molecule has 1 aliphatic rings. The van der Waals surface area contributed by atoms with E-state index in [1.807, 2.05) is 18.2 Å². The summed E-state index contributed by atoms with van der Waals surface area (Å²) in [5, 5.41) is 0. The Morgan fingerprint density at radius 2 is 1.91 bits per heavy atom. The molecule has 0 bridgehead atoms. The minimum atomic E-state index is -0.239. The SMILES string of the molecule is CCn1c(-c2ccc(F)cc2)nc2c1-c1ccccc1OC2. The van der Waals surface area contributed by atoms with Gasteiger partial charge in [0.25, 0.3) is 0 Å². The highest BCUT2D eigenvalue weighted by Crippen LogP contribution is 2.39. The maximum Gasteiger partial charge on any atom is 0.140 e. The molecule has 0 fully saturated rings. The van der Waals surface area contributed by atoms with Gasteiger partial charge in [-0.2, -0.15) is 0 Å². The molecule has 0 amide bonds. The van der Waals surface area contributed by atoms with E-state index in [-0.39, 0.29) is 5.82 Å². The van der Waals surface area contributed by atoms with Crippen molar-refractivity contribution in [3.63, 3.8) is 0 Å². The average molecular weight is 294 g/mol. The average Bonchev–Trinajstić information content (AvgIpc) is 2.94. The molecule has 0 saturated heterocycles. The van der Waals surface area contributed by atoms with Gasteiger partial charge in [-0.25, -0.2) is 9.37 Å². The Morgan fingerprint density at radius 1 is 1.14 bits per heavy atom. The van der Waals surface area contributed by atoms with E-state index in [4.69, 9.17) is 9.72 Å². The number of ether oxygens (including phenoxy) is 1. The molecule has 0 atom stereocenters. The fraction of sp³-hybridized carbons (Fsp3) is 0.167. The lowest BCUT2D eigenvalue weighted by Crippen LogP contribution is -2.08. The van der Waals surface area contributed by atoms with E-state index in [1.54, 1.807) is 12.1 Å². The van der Waals surface area contributed by atoms with Crippen molar-refractivity contribution in [2.75, 3.05) is 0 Å². The van der Waals surface area contributed by atoms with Crippen LogP contribution in [0.5, 0.6) is 5.75 Å². The molecule has 0 N–H and O–H groups in total. The smallest absolute Gasteiger partial charge is 0.140 e. The number of hydrogen-bond donors (Lipinski definition) is 0. The Balaban J connectivity index is 1.94. The number of rotatable bonds is 2. The third kappa shape index (κ3) is 1.91. The van der Waals surface area contributed by atoms with Gasteiger partial charge in [0.15, 0.2) is 0 Å². The minimum Gasteiger partial charge on any atom is -0.487 e. The molecule has 0 spiro atoms. The molecule has 4 rings (SSSR count). The van der Waals surface area contributed by atoms with E-state index in [0.29, 0.717) is 6.61 Å². The lowest BCUT2D eigenvalue weighted by molar-refractivity contribution is 0.297. The lowest BCUT2D eigenvalue weighted by Gasteiger charge is -2.18. The second kappa shape index (κ2) is 4.98. The van der Waals surface area contributed by atoms with Gasteiger partial charge in [-0.15, -0.1) is 0 Å². The Bertz CT molecular complexity index is 837. The maximum absolute atomic E-state index is 13.2. The Kier molecular flexibility index (Phi) is 2.96. The first-order valence-corrected chi connectivity index (χ1v) is 7.35. The highest BCUT2D eigenvalue weighted by Gasteiger charge is 2.25. The first-order chi connectivity index (χ1) is 10.8. The molecule has 110 valence electrons. The fourth-order valence-electron chi connectivity index (χ4n) is 2.97. The first kappa shape index (κ1) is 13.1. The van der Waals surface area contributed by atoms with Crippen molar-refractivity contribution in [3.8, 4) is 28.4 Å². The quantitative estimate of drug-likeness (QED) is 0.706. The van der Waals surface area contributed by atoms with E-state index < -0.39 is 0 Å². The van der Waals surface area contributed by atoms with Gasteiger partial charge in [0.2, 0.25) is 0 Å². The fourth-order valence-corrected chi connectivity index (χ4v) is 2.97. The van der Waals surface area contributed by atoms with Crippen LogP contribution in [0, 0.1) is 5.82 Å². The van der Waals surface area contributed by atoms with E-state index in [2.05, 4.69) is 17.6 Å². The molecule has 0 unspecified atom stereocenters. The van der Waals surface area contributed by atoms with E-state index in [9.17, 15) is 4.39 Å². The summed E-state index contributed by atoms with van der Waals surface area (Å²) in [6.45, 7) is 3.35. The third-order valence-corrected chi connectivity index (χ3v) is 3.97. The molecular weight excluding hydrogens is 279 g/mol. The van der Waals surface area contributed by atoms with Crippen LogP contribution >= 0.6 is 0 Å². The molecule has 0 radical (unpaired) electrons. The summed E-state index contributed by atoms with van der Waals surface area (Å²) < 4.78 is 21.1. The van der Waals surface area contributed by atoms with Crippen molar-refractivity contribution in [3.05, 3.63) is 60.0 Å². The van der Waals surface area contributed by atoms with Crippen molar-refractivity contribution in [2.45, 2.75) is 20.1 Å². The van der Waals surface area contributed by atoms with Gasteiger partial charge in [0.05, 0.1) is 5.69 Å². The van der Waals surface area contributed by atoms with E-state index in [1.165, 1.54) is 12.1 Å². The van der Waals surface area contributed by atoms with Crippen molar-refractivity contribution in [1.29, 1.82) is 0 Å². The molecular formula is C18H15FN2O. The zero-order valence-electron chi connectivity index (χ0n) is 12.2. The van der Waals surface area contributed by atoms with E-state index >= 15 is 0 Å². The second-order valence-corrected chi connectivity index (χ2v) is 5.27. The van der Waals surface area contributed by atoms with Gasteiger partial charge in [0, 0.05) is 17.7 Å². The summed E-state index contributed by atoms with van der Waals surface area (Å²) >= 11 is 0. The minimum absolute atomic E-state index is 0.239. The predicted molar refractivity (Wildman–Crippen MR) is 83.1 cm³/mol. The Labute approximate surface area is 128 Å². The summed E-state index contributed by atoms with van der Waals surface area (Å²) in [7, 11) is 0. The molecule has 4 heteroatoms. The molecule has 22 heavy (non-hydrogen) atoms. The standard InChI is InChI=1S/C18H15FN2O/c1-2-21-17-14-5-3-4-6-16(14)22-11-15(17)20-18(21)12-7-9-13(19)10-8-12/h3-10H,2,11H2,1H3. The highest BCUT2D eigenvalue weighted by molar-refractivity contribution is 5.74. The van der Waals surface area contributed by atoms with Crippen LogP contribution in [-0.4, -0.2) is 9.55 Å². The molecule has 3 aromatic rings. The molecule has 0 saturated carbocycles. The van der Waals surface area contributed by atoms with Crippen LogP contribution < -0.4 is 4.74 Å². The number of imidazole rings is 1. The van der Waals surface area contributed by atoms with E-state index in [0.717, 1.165) is 40.6 Å². The normalized spacial score (nSPS) is 12.5. The summed E-state index contributed by atoms with van der Waals surface area (Å²) in [6.07, 6.45) is 0. The molecule has 1 aliphatic heterocycles. The van der Waals surface area contributed by atoms with Crippen molar-refractivity contribution >= 4 is 0 Å². The van der Waals surface area contributed by atoms with Gasteiger partial charge in [-0.05, 0) is 43.3 Å². The zero-order valence-corrected chi connectivity index (χ0v) is 12.2. The summed E-state index contributed by atoms with van der Waals surface area (Å²) in [5.41, 5.74) is 4.00. The van der Waals surface area contributed by atoms with Gasteiger partial charge in [-0.1, -0.05) is 12.1 Å². The second-order valence-electron chi connectivity index (χ2n) is 5.27. The number of nitrogens with zero attached hydrogens (tertiary/aromatic N) is 2. The molecule has 0 aliphatic carbocycles. The van der Waals surface area contributed by atoms with Crippen molar-refractivity contribution in [1.82, 2.24) is 9.55 Å². The van der Waals surface area contributed by atoms with Crippen LogP contribution in [0.4, 0.5) is 4.39 Å². The largest absolute Gasteiger partial charge is 0.487 e. The predicted octanol–water partition coefficient (Wildman–Crippen LogP) is 4.27. The topological polar surface area (TPSA) is 27.1 Å². The van der Waals surface area contributed by atoms with Gasteiger partial charge >= 0.3 is 0 Å². The van der Waals surface area contributed by atoms with Crippen LogP contribution in [0.2, 0.25) is 0 Å². The third-order valence-electron chi connectivity index (χ3n) is 3.97. The van der Waals surface area contributed by atoms with Crippen LogP contribution in [0.1, 0.15) is 12.6 Å². The number of para-hydroxylation sites is 1. The highest BCUT2D eigenvalue weighted by atomic mass is 19.1. The summed E-state index contributed by atoms with van der Waals surface area (Å²) in [4.78, 5) is 4.74. The lowest BCUT2D eigenvalue weighted by atomic mass is 10.1. The number of halogens is 1. The Hall–Kier alpha value is -2.62. The molecule has 3 nitrogen and oxygen atoms in total. The molecule has 2 aromatic carbocycles. The summed E-state index contributed by atoms with van der Waals surface area (Å²) in [5.74, 6) is 1.50. The number of benzene rings is 2. The van der Waals surface area contributed by atoms with Crippen molar-refractivity contribution in [2.24, 2.45) is 0 Å². The van der Waals surface area contributed by atoms with Crippen LogP contribution in [-0.2, 0) is 13.2 Å². The zero-order chi connectivity index (χ0) is 15.1. The maximum atomic E-state index is 13.2. The number of hydrogen-bond acceptors (Lipinski definition) is 2. The first-order valence-electron chi connectivity index (χ1n) is 7.35. The number of aromatic nitrogens is 2. The molecule has 2 heterocycles. The molecule has 1 aromatic heterocycles. The summed E-state index contributed by atoms with van der Waals surface area (Å²) in [6, 6.07) is 14.5. The van der Waals surface area contributed by atoms with Gasteiger partial charge in [0.1, 0.15) is 29.7 Å². The van der Waals surface area contributed by atoms with Crippen molar-refractivity contribution < 1.29 is 9.13 Å². The van der Waals surface area contributed by atoms with Gasteiger partial charge < -0.3 is 9.30 Å². The number of fused-ring (bicyclic) bond motifs is 3. The van der Waals surface area contributed by atoms with Gasteiger partial charge in [-0.3, -0.25) is 0 Å². The van der Waals surface area contributed by atoms with Crippen LogP contribution in [0.25, 0.3) is 22.6 Å². The van der Waals surface area contributed by atoms with Crippen LogP contribution in [0.15, 0.2) is 48.5 Å². The Morgan fingerprint density at radius 3 is 2.68 bits per heavy atom.